The quantitative estimate of drug-likeness (QED) is 0.457. The fourth-order valence-electron chi connectivity index (χ4n) is 3.74. The summed E-state index contributed by atoms with van der Waals surface area (Å²) in [6.45, 7) is 1.79. The van der Waals surface area contributed by atoms with Crippen LogP contribution in [0.1, 0.15) is 24.6 Å². The average molecular weight is 470 g/mol. The molecule has 2 heterocycles. The molecule has 0 atom stereocenters. The summed E-state index contributed by atoms with van der Waals surface area (Å²) in [4.78, 5) is 2.33. The van der Waals surface area contributed by atoms with E-state index in [1.807, 2.05) is 34.9 Å². The number of aromatic amines is 1. The van der Waals surface area contributed by atoms with Gasteiger partial charge in [0.2, 0.25) is 0 Å². The van der Waals surface area contributed by atoms with Crippen molar-refractivity contribution in [3.05, 3.63) is 62.1 Å². The van der Waals surface area contributed by atoms with Gasteiger partial charge in [-0.15, -0.1) is 0 Å². The molecule has 152 valence electrons. The van der Waals surface area contributed by atoms with Crippen LogP contribution < -0.4 is 9.64 Å². The molecule has 29 heavy (non-hydrogen) atoms. The van der Waals surface area contributed by atoms with E-state index in [4.69, 9.17) is 51.8 Å². The van der Waals surface area contributed by atoms with E-state index in [0.717, 1.165) is 43.1 Å². The Bertz CT molecular complexity index is 1070. The van der Waals surface area contributed by atoms with E-state index in [-0.39, 0.29) is 5.92 Å². The SMILES string of the molecule is COc1cc(N2CCC(c3n[nH]c(=S)n3-c3cc(Cl)cc(Cl)c3)CC2)ccc1Cl. The molecular formula is C20H19Cl3N4OS. The lowest BCUT2D eigenvalue weighted by Gasteiger charge is -2.33. The molecule has 0 saturated carbocycles. The fourth-order valence-corrected chi connectivity index (χ4v) is 4.70. The van der Waals surface area contributed by atoms with E-state index < -0.39 is 0 Å². The van der Waals surface area contributed by atoms with Crippen molar-refractivity contribution in [2.24, 2.45) is 0 Å². The van der Waals surface area contributed by atoms with Gasteiger partial charge in [0.05, 0.1) is 17.8 Å². The third-order valence-corrected chi connectivity index (χ3v) is 6.19. The first-order valence-corrected chi connectivity index (χ1v) is 10.7. The first-order valence-electron chi connectivity index (χ1n) is 9.18. The smallest absolute Gasteiger partial charge is 0.199 e. The highest BCUT2D eigenvalue weighted by molar-refractivity contribution is 7.71. The predicted octanol–water partition coefficient (Wildman–Crippen LogP) is 6.28. The van der Waals surface area contributed by atoms with Crippen LogP contribution in [0.2, 0.25) is 15.1 Å². The lowest BCUT2D eigenvalue weighted by Crippen LogP contribution is -2.33. The molecule has 1 aliphatic heterocycles. The van der Waals surface area contributed by atoms with Crippen molar-refractivity contribution < 1.29 is 4.74 Å². The number of aromatic nitrogens is 3. The van der Waals surface area contributed by atoms with Crippen LogP contribution in [0.15, 0.2) is 36.4 Å². The lowest BCUT2D eigenvalue weighted by molar-refractivity contribution is 0.414. The maximum Gasteiger partial charge on any atom is 0.199 e. The molecule has 0 bridgehead atoms. The normalized spacial score (nSPS) is 15.0. The third-order valence-electron chi connectivity index (χ3n) is 5.16. The zero-order valence-corrected chi connectivity index (χ0v) is 18.7. The van der Waals surface area contributed by atoms with Crippen molar-refractivity contribution >= 4 is 52.7 Å². The standard InChI is InChI=1S/C20H19Cl3N4OS/c1-28-18-11-15(2-3-17(18)23)26-6-4-12(5-7-26)19-24-25-20(29)27(19)16-9-13(21)8-14(22)10-16/h2-3,8-12H,4-7H2,1H3,(H,25,29). The van der Waals surface area contributed by atoms with Crippen molar-refractivity contribution in [3.63, 3.8) is 0 Å². The van der Waals surface area contributed by atoms with Crippen molar-refractivity contribution in [1.29, 1.82) is 0 Å². The molecule has 4 rings (SSSR count). The van der Waals surface area contributed by atoms with E-state index in [1.165, 1.54) is 0 Å². The van der Waals surface area contributed by atoms with E-state index in [9.17, 15) is 0 Å². The van der Waals surface area contributed by atoms with Gasteiger partial charge in [-0.2, -0.15) is 5.10 Å². The zero-order valence-electron chi connectivity index (χ0n) is 15.7. The van der Waals surface area contributed by atoms with Crippen LogP contribution in [0.3, 0.4) is 0 Å². The lowest BCUT2D eigenvalue weighted by atomic mass is 9.95. The Morgan fingerprint density at radius 1 is 1.03 bits per heavy atom. The zero-order chi connectivity index (χ0) is 20.5. The number of nitrogens with one attached hydrogen (secondary N) is 1. The van der Waals surface area contributed by atoms with E-state index in [1.54, 1.807) is 13.2 Å². The molecule has 1 fully saturated rings. The first kappa shape index (κ1) is 20.5. The minimum Gasteiger partial charge on any atom is -0.495 e. The van der Waals surface area contributed by atoms with Crippen molar-refractivity contribution in [2.45, 2.75) is 18.8 Å². The molecule has 0 aliphatic carbocycles. The number of nitrogens with zero attached hydrogens (tertiary/aromatic N) is 3. The van der Waals surface area contributed by atoms with Gasteiger partial charge in [0.15, 0.2) is 4.77 Å². The molecule has 9 heteroatoms. The van der Waals surface area contributed by atoms with E-state index in [0.29, 0.717) is 25.6 Å². The molecule has 0 radical (unpaired) electrons. The summed E-state index contributed by atoms with van der Waals surface area (Å²) < 4.78 is 7.80. The highest BCUT2D eigenvalue weighted by Gasteiger charge is 2.26. The van der Waals surface area contributed by atoms with Crippen LogP contribution in [0.5, 0.6) is 5.75 Å². The van der Waals surface area contributed by atoms with Gasteiger partial charge in [-0.05, 0) is 55.4 Å². The van der Waals surface area contributed by atoms with Crippen LogP contribution in [0.4, 0.5) is 5.69 Å². The van der Waals surface area contributed by atoms with Gasteiger partial charge in [0, 0.05) is 40.8 Å². The molecule has 1 saturated heterocycles. The molecule has 1 N–H and O–H groups in total. The number of benzene rings is 2. The molecule has 0 unspecified atom stereocenters. The van der Waals surface area contributed by atoms with Gasteiger partial charge in [0.25, 0.3) is 0 Å². The number of methoxy groups -OCH3 is 1. The monoisotopic (exact) mass is 468 g/mol. The van der Waals surface area contributed by atoms with Crippen molar-refractivity contribution in [1.82, 2.24) is 14.8 Å². The second-order valence-electron chi connectivity index (χ2n) is 6.93. The molecule has 0 spiro atoms. The number of anilines is 1. The van der Waals surface area contributed by atoms with Crippen LogP contribution >= 0.6 is 47.0 Å². The summed E-state index contributed by atoms with van der Waals surface area (Å²) in [6, 6.07) is 11.3. The second-order valence-corrected chi connectivity index (χ2v) is 8.60. The number of hydrogen-bond acceptors (Lipinski definition) is 4. The maximum atomic E-state index is 6.19. The van der Waals surface area contributed by atoms with Gasteiger partial charge >= 0.3 is 0 Å². The summed E-state index contributed by atoms with van der Waals surface area (Å²) in [5.41, 5.74) is 1.92. The number of piperidine rings is 1. The summed E-state index contributed by atoms with van der Waals surface area (Å²) >= 11 is 24.0. The Kier molecular flexibility index (Phi) is 6.06. The molecule has 3 aromatic rings. The minimum absolute atomic E-state index is 0.270. The highest BCUT2D eigenvalue weighted by Crippen LogP contribution is 2.34. The van der Waals surface area contributed by atoms with Crippen molar-refractivity contribution in [3.8, 4) is 11.4 Å². The van der Waals surface area contributed by atoms with Crippen LogP contribution in [0, 0.1) is 4.77 Å². The minimum atomic E-state index is 0.270. The number of ether oxygens (including phenoxy) is 1. The topological polar surface area (TPSA) is 46.1 Å². The largest absolute Gasteiger partial charge is 0.495 e. The third kappa shape index (κ3) is 4.26. The summed E-state index contributed by atoms with van der Waals surface area (Å²) in [5, 5.41) is 9.18. The molecular weight excluding hydrogens is 451 g/mol. The van der Waals surface area contributed by atoms with E-state index in [2.05, 4.69) is 15.1 Å². The highest BCUT2D eigenvalue weighted by atomic mass is 35.5. The van der Waals surface area contributed by atoms with Gasteiger partial charge < -0.3 is 9.64 Å². The van der Waals surface area contributed by atoms with E-state index >= 15 is 0 Å². The Balaban J connectivity index is 1.56. The van der Waals surface area contributed by atoms with Gasteiger partial charge in [-0.25, -0.2) is 0 Å². The summed E-state index contributed by atoms with van der Waals surface area (Å²) in [5.74, 6) is 1.86. The Morgan fingerprint density at radius 2 is 1.72 bits per heavy atom. The number of hydrogen-bond donors (Lipinski definition) is 1. The summed E-state index contributed by atoms with van der Waals surface area (Å²) in [7, 11) is 1.63. The average Bonchev–Trinajstić information content (AvgIpc) is 3.09. The van der Waals surface area contributed by atoms with Gasteiger partial charge in [0.1, 0.15) is 11.6 Å². The molecule has 0 amide bonds. The number of H-pyrrole nitrogens is 1. The van der Waals surface area contributed by atoms with Crippen LogP contribution in [-0.4, -0.2) is 35.0 Å². The fraction of sp³-hybridized carbons (Fsp3) is 0.300. The second kappa shape index (κ2) is 8.56. The number of rotatable bonds is 4. The summed E-state index contributed by atoms with van der Waals surface area (Å²) in [6.07, 6.45) is 1.89. The molecule has 2 aromatic carbocycles. The Hall–Kier alpha value is -1.73. The predicted molar refractivity (Wildman–Crippen MR) is 121 cm³/mol. The maximum absolute atomic E-state index is 6.19. The molecule has 1 aliphatic rings. The first-order chi connectivity index (χ1) is 14.0. The molecule has 1 aromatic heterocycles. The molecule has 5 nitrogen and oxygen atoms in total. The van der Waals surface area contributed by atoms with Crippen molar-refractivity contribution in [2.75, 3.05) is 25.1 Å². The van der Waals surface area contributed by atoms with Gasteiger partial charge in [-0.3, -0.25) is 9.67 Å². The van der Waals surface area contributed by atoms with Gasteiger partial charge in [-0.1, -0.05) is 34.8 Å². The Labute approximate surface area is 189 Å². The van der Waals surface area contributed by atoms with Crippen LogP contribution in [-0.2, 0) is 0 Å². The number of halogens is 3. The van der Waals surface area contributed by atoms with Crippen LogP contribution in [0.25, 0.3) is 5.69 Å². The Morgan fingerprint density at radius 3 is 2.38 bits per heavy atom.